The number of aliphatic hydroxyl groups is 1. The summed E-state index contributed by atoms with van der Waals surface area (Å²) in [6.45, 7) is 13.7. The topological polar surface area (TPSA) is 183 Å². The number of rotatable bonds is 8. The lowest BCUT2D eigenvalue weighted by Gasteiger charge is -2.73. The lowest BCUT2D eigenvalue weighted by Crippen LogP contribution is -2.82. The summed E-state index contributed by atoms with van der Waals surface area (Å²) in [6, 6.07) is 7.37. The molecular formula is C42H55BrO14. The Bertz CT molecular complexity index is 1840. The zero-order chi connectivity index (χ0) is 41.7. The molecule has 4 aliphatic carbocycles. The first-order chi connectivity index (χ1) is 26.7. The molecule has 57 heavy (non-hydrogen) atoms. The fraction of sp³-hybridized carbons (Fsp3) is 0.738. The molecule has 15 atom stereocenters. The summed E-state index contributed by atoms with van der Waals surface area (Å²) >= 11 is 3.48. The molecule has 0 spiro atoms. The Morgan fingerprint density at radius 2 is 1.60 bits per heavy atom. The fourth-order valence-corrected chi connectivity index (χ4v) is 13.7. The number of esters is 4. The van der Waals surface area contributed by atoms with Crippen molar-refractivity contribution in [2.45, 2.75) is 129 Å². The van der Waals surface area contributed by atoms with E-state index in [0.29, 0.717) is 12.8 Å². The van der Waals surface area contributed by atoms with Gasteiger partial charge in [-0.3, -0.25) is 14.4 Å². The molecule has 0 aromatic heterocycles. The van der Waals surface area contributed by atoms with Crippen LogP contribution in [0.2, 0.25) is 0 Å². The van der Waals surface area contributed by atoms with E-state index in [1.807, 2.05) is 38.1 Å². The van der Waals surface area contributed by atoms with Crippen LogP contribution in [0.1, 0.15) is 86.6 Å². The number of fused-ring (bicyclic) bond motifs is 9. The number of hydrogen-bond donors (Lipinski definition) is 1. The number of halogens is 1. The van der Waals surface area contributed by atoms with Crippen molar-refractivity contribution in [3.05, 3.63) is 34.3 Å². The lowest BCUT2D eigenvalue weighted by atomic mass is 9.32. The molecule has 0 bridgehead atoms. The number of epoxide rings is 1. The summed E-state index contributed by atoms with van der Waals surface area (Å²) in [4.78, 5) is 66.7. The van der Waals surface area contributed by atoms with Crippen LogP contribution in [0.15, 0.2) is 28.7 Å². The van der Waals surface area contributed by atoms with E-state index < -0.39 is 105 Å². The predicted molar refractivity (Wildman–Crippen MR) is 202 cm³/mol. The molecule has 0 amide bonds. The van der Waals surface area contributed by atoms with Crippen LogP contribution in [-0.2, 0) is 63.7 Å². The van der Waals surface area contributed by atoms with Crippen molar-refractivity contribution in [1.29, 1.82) is 0 Å². The second-order valence-electron chi connectivity index (χ2n) is 18.1. The number of carbonyl (C=O) groups excluding carboxylic acids is 5. The van der Waals surface area contributed by atoms with Crippen LogP contribution in [0.25, 0.3) is 0 Å². The van der Waals surface area contributed by atoms with Crippen molar-refractivity contribution in [2.75, 3.05) is 20.3 Å². The minimum absolute atomic E-state index is 0.0304. The number of carbonyl (C=O) groups is 5. The van der Waals surface area contributed by atoms with E-state index in [9.17, 15) is 29.1 Å². The average molecular weight is 864 g/mol. The zero-order valence-electron chi connectivity index (χ0n) is 34.1. The van der Waals surface area contributed by atoms with Crippen molar-refractivity contribution in [1.82, 2.24) is 0 Å². The molecule has 7 rings (SSSR count). The third kappa shape index (κ3) is 5.74. The maximum absolute atomic E-state index is 13.9. The Kier molecular flexibility index (Phi) is 10.4. The van der Waals surface area contributed by atoms with Gasteiger partial charge in [-0.1, -0.05) is 54.9 Å². The first-order valence-electron chi connectivity index (χ1n) is 19.8. The van der Waals surface area contributed by atoms with Crippen LogP contribution in [0.4, 0.5) is 4.79 Å². The molecule has 6 fully saturated rings. The molecule has 5 unspecified atom stereocenters. The normalized spacial score (nSPS) is 44.3. The van der Waals surface area contributed by atoms with E-state index in [4.69, 9.17) is 37.9 Å². The molecule has 6 aliphatic rings. The minimum Gasteiger partial charge on any atom is -0.467 e. The smallest absolute Gasteiger partial charge is 0.467 e. The molecule has 2 heterocycles. The standard InChI is InChI=1S/C42H55BrO14/c1-21-17-41(49)28-14-15-37(6)29(38(28,7)33(55-24(4)45)34(56-25(5)46)39(41,8)42(32(21)57-42)35(47)50-9)16-31(54-23(3)44)40(20-51-19-30(37)40)22(2)53-36(48)52-18-26-12-10-11-13-27(26)43/h10-13,21-22,28-34,49H,14-20H2,1-9H3/t21?,22?,28?,29?,30-,31?,32+,33+,34-,37+,38-,39+,40+,41+,42-/m0/s1. The van der Waals surface area contributed by atoms with E-state index >= 15 is 0 Å². The quantitative estimate of drug-likeness (QED) is 0.198. The predicted octanol–water partition coefficient (Wildman–Crippen LogP) is 5.46. The van der Waals surface area contributed by atoms with Crippen LogP contribution in [0.5, 0.6) is 0 Å². The van der Waals surface area contributed by atoms with Gasteiger partial charge in [0.25, 0.3) is 0 Å². The van der Waals surface area contributed by atoms with E-state index in [2.05, 4.69) is 22.9 Å². The molecule has 15 heteroatoms. The molecule has 1 N–H and O–H groups in total. The SMILES string of the molecule is COC(=O)[C@@]12O[C@@H]1C(C)C[C@@]1(O)C3CC[C@]4(C)C(CC(OC(C)=O)[C@@]5(C(C)OC(=O)OCc6ccccc6Br)COC[C@H]54)[C@@]3(C)[C@H](OC(C)=O)[C@H](OC(C)=O)[C@]12C. The van der Waals surface area contributed by atoms with Crippen LogP contribution < -0.4 is 0 Å². The molecule has 1 aromatic carbocycles. The van der Waals surface area contributed by atoms with Crippen molar-refractivity contribution < 1.29 is 67.0 Å². The van der Waals surface area contributed by atoms with Crippen LogP contribution in [0.3, 0.4) is 0 Å². The molecular weight excluding hydrogens is 808 g/mol. The molecule has 2 saturated heterocycles. The van der Waals surface area contributed by atoms with Crippen molar-refractivity contribution >= 4 is 46.0 Å². The van der Waals surface area contributed by atoms with Gasteiger partial charge >= 0.3 is 30.0 Å². The maximum atomic E-state index is 13.9. The van der Waals surface area contributed by atoms with Crippen LogP contribution in [0, 0.1) is 45.3 Å². The van der Waals surface area contributed by atoms with Gasteiger partial charge in [0.15, 0.2) is 6.10 Å². The molecule has 0 radical (unpaired) electrons. The van der Waals surface area contributed by atoms with Gasteiger partial charge in [-0.05, 0) is 68.8 Å². The van der Waals surface area contributed by atoms with Gasteiger partial charge in [0.2, 0.25) is 5.60 Å². The highest BCUT2D eigenvalue weighted by Gasteiger charge is 2.90. The molecule has 14 nitrogen and oxygen atoms in total. The van der Waals surface area contributed by atoms with Crippen LogP contribution in [-0.4, -0.2) is 97.2 Å². The number of methoxy groups -OCH3 is 1. The van der Waals surface area contributed by atoms with E-state index in [1.165, 1.54) is 27.9 Å². The highest BCUT2D eigenvalue weighted by atomic mass is 79.9. The van der Waals surface area contributed by atoms with Gasteiger partial charge in [-0.2, -0.15) is 0 Å². The Balaban J connectivity index is 1.33. The minimum atomic E-state index is -1.70. The summed E-state index contributed by atoms with van der Waals surface area (Å²) in [7, 11) is 1.25. The second-order valence-corrected chi connectivity index (χ2v) is 18.9. The summed E-state index contributed by atoms with van der Waals surface area (Å²) < 4.78 is 49.2. The molecule has 2 aliphatic heterocycles. The largest absolute Gasteiger partial charge is 0.508 e. The maximum Gasteiger partial charge on any atom is 0.508 e. The van der Waals surface area contributed by atoms with E-state index in [0.717, 1.165) is 10.0 Å². The number of hydrogen-bond acceptors (Lipinski definition) is 14. The van der Waals surface area contributed by atoms with Gasteiger partial charge < -0.3 is 43.0 Å². The monoisotopic (exact) mass is 862 g/mol. The summed E-state index contributed by atoms with van der Waals surface area (Å²) in [5, 5.41) is 13.6. The fourth-order valence-electron chi connectivity index (χ4n) is 13.3. The molecule has 4 saturated carbocycles. The van der Waals surface area contributed by atoms with Crippen LogP contribution >= 0.6 is 15.9 Å². The van der Waals surface area contributed by atoms with E-state index in [-0.39, 0.29) is 44.5 Å². The zero-order valence-corrected chi connectivity index (χ0v) is 35.7. The first-order valence-corrected chi connectivity index (χ1v) is 20.6. The van der Waals surface area contributed by atoms with Gasteiger partial charge in [0, 0.05) is 42.1 Å². The third-order valence-electron chi connectivity index (χ3n) is 15.6. The number of benzene rings is 1. The van der Waals surface area contributed by atoms with Crippen molar-refractivity contribution in [3.63, 3.8) is 0 Å². The Morgan fingerprint density at radius 3 is 2.23 bits per heavy atom. The second kappa shape index (κ2) is 14.2. The highest BCUT2D eigenvalue weighted by molar-refractivity contribution is 9.10. The Labute approximate surface area is 341 Å². The highest BCUT2D eigenvalue weighted by Crippen LogP contribution is 2.78. The summed E-state index contributed by atoms with van der Waals surface area (Å²) in [5.74, 6) is -4.33. The van der Waals surface area contributed by atoms with Gasteiger partial charge in [-0.15, -0.1) is 0 Å². The first kappa shape index (κ1) is 41.9. The van der Waals surface area contributed by atoms with Gasteiger partial charge in [0.05, 0.1) is 36.8 Å². The lowest BCUT2D eigenvalue weighted by molar-refractivity contribution is -0.345. The average Bonchev–Trinajstić information content (AvgIpc) is 3.75. The molecule has 1 aromatic rings. The summed E-state index contributed by atoms with van der Waals surface area (Å²) in [6.07, 6.45) is -4.39. The Hall–Kier alpha value is -3.27. The third-order valence-corrected chi connectivity index (χ3v) is 16.4. The van der Waals surface area contributed by atoms with Crippen molar-refractivity contribution in [3.8, 4) is 0 Å². The summed E-state index contributed by atoms with van der Waals surface area (Å²) in [5.41, 5.74) is -7.06. The van der Waals surface area contributed by atoms with Crippen molar-refractivity contribution in [2.24, 2.45) is 45.3 Å². The van der Waals surface area contributed by atoms with E-state index in [1.54, 1.807) is 13.8 Å². The molecule has 314 valence electrons. The number of ether oxygens (including phenoxy) is 8. The van der Waals surface area contributed by atoms with Gasteiger partial charge in [0.1, 0.15) is 31.0 Å². The Morgan fingerprint density at radius 1 is 0.947 bits per heavy atom. The van der Waals surface area contributed by atoms with Gasteiger partial charge in [-0.25, -0.2) is 9.59 Å².